The van der Waals surface area contributed by atoms with Crippen LogP contribution in [0, 0.1) is 0 Å². The first kappa shape index (κ1) is 16.8. The van der Waals surface area contributed by atoms with E-state index in [0.717, 1.165) is 22.7 Å². The molecule has 0 fully saturated rings. The Kier molecular flexibility index (Phi) is 4.54. The first-order valence-corrected chi connectivity index (χ1v) is 8.66. The summed E-state index contributed by atoms with van der Waals surface area (Å²) >= 11 is 0. The molecule has 1 aromatic heterocycles. The van der Waals surface area contributed by atoms with Crippen LogP contribution in [0.25, 0.3) is 16.9 Å². The van der Waals surface area contributed by atoms with Gasteiger partial charge in [0.15, 0.2) is 0 Å². The van der Waals surface area contributed by atoms with Crippen molar-refractivity contribution in [3.8, 4) is 22.7 Å². The molecule has 4 rings (SSSR count). The van der Waals surface area contributed by atoms with Crippen LogP contribution < -0.4 is 4.74 Å². The van der Waals surface area contributed by atoms with E-state index in [2.05, 4.69) is 0 Å². The summed E-state index contributed by atoms with van der Waals surface area (Å²) in [5, 5.41) is 4.71. The Morgan fingerprint density at radius 3 is 2.11 bits per heavy atom. The number of carbonyl (C=O) groups is 1. The highest BCUT2D eigenvalue weighted by Gasteiger charge is 2.19. The van der Waals surface area contributed by atoms with E-state index in [1.54, 1.807) is 11.8 Å². The monoisotopic (exact) mass is 354 g/mol. The lowest BCUT2D eigenvalue weighted by atomic mass is 10.1. The Hall–Kier alpha value is -3.66. The van der Waals surface area contributed by atoms with Crippen molar-refractivity contribution in [1.82, 2.24) is 9.78 Å². The summed E-state index contributed by atoms with van der Waals surface area (Å²) in [5.74, 6) is 0.716. The molecule has 0 radical (unpaired) electrons. The molecule has 0 spiro atoms. The van der Waals surface area contributed by atoms with Crippen molar-refractivity contribution in [1.29, 1.82) is 0 Å². The van der Waals surface area contributed by atoms with E-state index in [9.17, 15) is 4.79 Å². The molecule has 0 atom stereocenters. The first-order valence-electron chi connectivity index (χ1n) is 8.66. The fraction of sp³-hybridized carbons (Fsp3) is 0.0435. The molecular weight excluding hydrogens is 336 g/mol. The number of aromatic nitrogens is 2. The van der Waals surface area contributed by atoms with E-state index in [1.165, 1.54) is 0 Å². The van der Waals surface area contributed by atoms with Crippen LogP contribution >= 0.6 is 0 Å². The molecule has 0 aliphatic heterocycles. The van der Waals surface area contributed by atoms with E-state index in [0.29, 0.717) is 11.3 Å². The molecule has 132 valence electrons. The van der Waals surface area contributed by atoms with E-state index < -0.39 is 0 Å². The highest BCUT2D eigenvalue weighted by Crippen LogP contribution is 2.25. The number of carbonyl (C=O) groups excluding carboxylic acids is 1. The molecule has 0 N–H and O–H groups in total. The SMILES string of the molecule is COc1ccc(-c2cc(C(=O)c3ccccc3)n(-c3ccccc3)n2)cc1. The van der Waals surface area contributed by atoms with Gasteiger partial charge in [0, 0.05) is 11.1 Å². The summed E-state index contributed by atoms with van der Waals surface area (Å²) in [7, 11) is 1.63. The van der Waals surface area contributed by atoms with Gasteiger partial charge in [-0.1, -0.05) is 48.5 Å². The van der Waals surface area contributed by atoms with E-state index in [4.69, 9.17) is 9.84 Å². The van der Waals surface area contributed by atoms with Gasteiger partial charge in [-0.25, -0.2) is 4.68 Å². The Morgan fingerprint density at radius 2 is 1.48 bits per heavy atom. The predicted octanol–water partition coefficient (Wildman–Crippen LogP) is 4.78. The molecule has 27 heavy (non-hydrogen) atoms. The predicted molar refractivity (Wildman–Crippen MR) is 105 cm³/mol. The average molecular weight is 354 g/mol. The number of ether oxygens (including phenoxy) is 1. The van der Waals surface area contributed by atoms with Crippen LogP contribution in [0.5, 0.6) is 5.75 Å². The van der Waals surface area contributed by atoms with Crippen molar-refractivity contribution < 1.29 is 9.53 Å². The van der Waals surface area contributed by atoms with Crippen LogP contribution in [0.4, 0.5) is 0 Å². The van der Waals surface area contributed by atoms with Gasteiger partial charge in [0.1, 0.15) is 11.4 Å². The Balaban J connectivity index is 1.83. The van der Waals surface area contributed by atoms with Crippen molar-refractivity contribution in [2.75, 3.05) is 7.11 Å². The zero-order valence-electron chi connectivity index (χ0n) is 14.9. The maximum atomic E-state index is 13.1. The van der Waals surface area contributed by atoms with Crippen molar-refractivity contribution in [3.63, 3.8) is 0 Å². The number of para-hydroxylation sites is 1. The highest BCUT2D eigenvalue weighted by atomic mass is 16.5. The zero-order chi connectivity index (χ0) is 18.6. The molecule has 0 unspecified atom stereocenters. The quantitative estimate of drug-likeness (QED) is 0.485. The van der Waals surface area contributed by atoms with Crippen LogP contribution in [-0.2, 0) is 0 Å². The van der Waals surface area contributed by atoms with E-state index in [1.807, 2.05) is 91.0 Å². The Labute approximate surface area is 157 Å². The number of hydrogen-bond acceptors (Lipinski definition) is 3. The number of rotatable bonds is 5. The number of hydrogen-bond donors (Lipinski definition) is 0. The standard InChI is InChI=1S/C23H18N2O2/c1-27-20-14-12-17(13-15-20)21-16-22(23(26)18-8-4-2-5-9-18)25(24-21)19-10-6-3-7-11-19/h2-16H,1H3. The largest absolute Gasteiger partial charge is 0.497 e. The minimum absolute atomic E-state index is 0.0632. The van der Waals surface area contributed by atoms with Gasteiger partial charge in [0.25, 0.3) is 0 Å². The molecule has 1 heterocycles. The zero-order valence-corrected chi connectivity index (χ0v) is 14.9. The van der Waals surface area contributed by atoms with Crippen LogP contribution in [0.15, 0.2) is 91.0 Å². The highest BCUT2D eigenvalue weighted by molar-refractivity contribution is 6.08. The number of benzene rings is 3. The summed E-state index contributed by atoms with van der Waals surface area (Å²) in [4.78, 5) is 13.1. The van der Waals surface area contributed by atoms with Gasteiger partial charge in [-0.05, 0) is 42.5 Å². The Bertz CT molecular complexity index is 1050. The molecule has 0 saturated carbocycles. The molecule has 4 aromatic rings. The lowest BCUT2D eigenvalue weighted by Crippen LogP contribution is -2.09. The van der Waals surface area contributed by atoms with Gasteiger partial charge >= 0.3 is 0 Å². The summed E-state index contributed by atoms with van der Waals surface area (Å²) < 4.78 is 6.92. The molecule has 4 nitrogen and oxygen atoms in total. The third-order valence-electron chi connectivity index (χ3n) is 4.36. The Morgan fingerprint density at radius 1 is 0.852 bits per heavy atom. The van der Waals surface area contributed by atoms with Gasteiger partial charge in [0.2, 0.25) is 5.78 Å². The fourth-order valence-electron chi connectivity index (χ4n) is 2.95. The van der Waals surface area contributed by atoms with Gasteiger partial charge in [-0.3, -0.25) is 4.79 Å². The van der Waals surface area contributed by atoms with Gasteiger partial charge in [-0.15, -0.1) is 0 Å². The second kappa shape index (κ2) is 7.30. The molecule has 0 aliphatic carbocycles. The maximum Gasteiger partial charge on any atom is 0.211 e. The summed E-state index contributed by atoms with van der Waals surface area (Å²) in [6, 6.07) is 28.4. The van der Waals surface area contributed by atoms with E-state index >= 15 is 0 Å². The van der Waals surface area contributed by atoms with Crippen molar-refractivity contribution in [2.24, 2.45) is 0 Å². The van der Waals surface area contributed by atoms with Gasteiger partial charge < -0.3 is 4.74 Å². The fourth-order valence-corrected chi connectivity index (χ4v) is 2.95. The third-order valence-corrected chi connectivity index (χ3v) is 4.36. The molecular formula is C23H18N2O2. The lowest BCUT2D eigenvalue weighted by molar-refractivity contribution is 0.103. The van der Waals surface area contributed by atoms with Crippen molar-refractivity contribution in [2.45, 2.75) is 0 Å². The number of methoxy groups -OCH3 is 1. The van der Waals surface area contributed by atoms with E-state index in [-0.39, 0.29) is 5.78 Å². The summed E-state index contributed by atoms with van der Waals surface area (Å²) in [6.07, 6.45) is 0. The van der Waals surface area contributed by atoms with Crippen LogP contribution in [-0.4, -0.2) is 22.7 Å². The molecule has 0 bridgehead atoms. The summed E-state index contributed by atoms with van der Waals surface area (Å²) in [6.45, 7) is 0. The summed E-state index contributed by atoms with van der Waals surface area (Å²) in [5.41, 5.74) is 3.67. The third kappa shape index (κ3) is 3.37. The minimum atomic E-state index is -0.0632. The molecule has 4 heteroatoms. The second-order valence-electron chi connectivity index (χ2n) is 6.09. The molecule has 0 saturated heterocycles. The second-order valence-corrected chi connectivity index (χ2v) is 6.09. The topological polar surface area (TPSA) is 44.1 Å². The van der Waals surface area contributed by atoms with Crippen molar-refractivity contribution >= 4 is 5.78 Å². The van der Waals surface area contributed by atoms with Crippen LogP contribution in [0.1, 0.15) is 16.1 Å². The molecule has 0 amide bonds. The number of ketones is 1. The van der Waals surface area contributed by atoms with Gasteiger partial charge in [0.05, 0.1) is 18.5 Å². The average Bonchev–Trinajstić information content (AvgIpc) is 3.20. The number of nitrogens with zero attached hydrogens (tertiary/aromatic N) is 2. The molecule has 0 aliphatic rings. The van der Waals surface area contributed by atoms with Crippen molar-refractivity contribution in [3.05, 3.63) is 102 Å². The molecule has 3 aromatic carbocycles. The maximum absolute atomic E-state index is 13.1. The van der Waals surface area contributed by atoms with Gasteiger partial charge in [-0.2, -0.15) is 5.10 Å². The smallest absolute Gasteiger partial charge is 0.211 e. The first-order chi connectivity index (χ1) is 13.3. The lowest BCUT2D eigenvalue weighted by Gasteiger charge is -2.06. The normalized spacial score (nSPS) is 10.6. The van der Waals surface area contributed by atoms with Crippen LogP contribution in [0.2, 0.25) is 0 Å². The minimum Gasteiger partial charge on any atom is -0.497 e. The van der Waals surface area contributed by atoms with Crippen LogP contribution in [0.3, 0.4) is 0 Å².